The van der Waals surface area contributed by atoms with E-state index in [9.17, 15) is 9.59 Å². The van der Waals surface area contributed by atoms with Crippen LogP contribution < -0.4 is 19.5 Å². The topological polar surface area (TPSA) is 80.3 Å². The van der Waals surface area contributed by atoms with Crippen molar-refractivity contribution < 1.29 is 23.8 Å². The first kappa shape index (κ1) is 32.5. The maximum Gasteiger partial charge on any atom is 0.252 e. The number of carbonyl (C=O) groups excluding carboxylic acids is 2. The van der Waals surface area contributed by atoms with Crippen LogP contribution in [-0.4, -0.2) is 73.2 Å². The number of benzene rings is 3. The number of carbonyl (C=O) groups is 2. The molecule has 2 bridgehead atoms. The zero-order chi connectivity index (χ0) is 32.4. The van der Waals surface area contributed by atoms with Crippen LogP contribution in [0.15, 0.2) is 66.2 Å². The Morgan fingerprint density at radius 2 is 1.65 bits per heavy atom. The second kappa shape index (κ2) is 14.1. The highest BCUT2D eigenvalue weighted by molar-refractivity contribution is 6.43. The average molecular weight is 685 g/mol. The molecule has 3 aliphatic rings. The number of piperazine rings is 1. The molecule has 2 heterocycles. The lowest BCUT2D eigenvalue weighted by atomic mass is 9.82. The van der Waals surface area contributed by atoms with E-state index in [1.54, 1.807) is 26.2 Å². The molecule has 2 aliphatic heterocycles. The van der Waals surface area contributed by atoms with Gasteiger partial charge in [-0.2, -0.15) is 0 Å². The summed E-state index contributed by atoms with van der Waals surface area (Å²) in [5.41, 5.74) is 3.74. The smallest absolute Gasteiger partial charge is 0.252 e. The molecule has 1 saturated heterocycles. The van der Waals surface area contributed by atoms with Crippen LogP contribution >= 0.6 is 34.8 Å². The first-order valence-corrected chi connectivity index (χ1v) is 16.5. The summed E-state index contributed by atoms with van der Waals surface area (Å²) in [7, 11) is 1.64. The van der Waals surface area contributed by atoms with E-state index in [4.69, 9.17) is 49.0 Å². The predicted molar refractivity (Wildman–Crippen MR) is 180 cm³/mol. The van der Waals surface area contributed by atoms with E-state index < -0.39 is 0 Å². The van der Waals surface area contributed by atoms with Gasteiger partial charge in [-0.05, 0) is 66.3 Å². The predicted octanol–water partition coefficient (Wildman–Crippen LogP) is 6.65. The molecule has 2 amide bonds. The van der Waals surface area contributed by atoms with Gasteiger partial charge in [0.1, 0.15) is 30.5 Å². The summed E-state index contributed by atoms with van der Waals surface area (Å²) in [5.74, 6) is 1.91. The number of methoxy groups -OCH3 is 1. The molecule has 0 radical (unpaired) electrons. The second-order valence-electron chi connectivity index (χ2n) is 11.9. The molecule has 46 heavy (non-hydrogen) atoms. The summed E-state index contributed by atoms with van der Waals surface area (Å²) < 4.78 is 17.1. The van der Waals surface area contributed by atoms with Gasteiger partial charge in [-0.25, -0.2) is 0 Å². The van der Waals surface area contributed by atoms with Gasteiger partial charge in [-0.1, -0.05) is 59.1 Å². The molecule has 2 fully saturated rings. The van der Waals surface area contributed by atoms with Crippen molar-refractivity contribution in [3.63, 3.8) is 0 Å². The van der Waals surface area contributed by atoms with Crippen molar-refractivity contribution in [1.82, 2.24) is 15.1 Å². The van der Waals surface area contributed by atoms with Gasteiger partial charge in [0.05, 0.1) is 28.2 Å². The molecule has 0 unspecified atom stereocenters. The molecule has 8 nitrogen and oxygen atoms in total. The molecule has 0 spiro atoms. The van der Waals surface area contributed by atoms with E-state index in [2.05, 4.69) is 5.32 Å². The van der Waals surface area contributed by atoms with E-state index in [0.717, 1.165) is 40.9 Å². The van der Waals surface area contributed by atoms with Gasteiger partial charge in [0.15, 0.2) is 0 Å². The summed E-state index contributed by atoms with van der Waals surface area (Å²) in [5, 5.41) is 4.75. The number of amides is 2. The van der Waals surface area contributed by atoms with Gasteiger partial charge in [-0.15, -0.1) is 0 Å². The van der Waals surface area contributed by atoms with Gasteiger partial charge in [0.25, 0.3) is 5.91 Å². The maximum atomic E-state index is 14.6. The van der Waals surface area contributed by atoms with Crippen molar-refractivity contribution in [2.75, 3.05) is 33.4 Å². The molecule has 11 heteroatoms. The van der Waals surface area contributed by atoms with E-state index in [-0.39, 0.29) is 43.2 Å². The Hall–Kier alpha value is -3.43. The summed E-state index contributed by atoms with van der Waals surface area (Å²) in [4.78, 5) is 30.8. The molecular formula is C35H36Cl3N3O5. The minimum atomic E-state index is -0.258. The van der Waals surface area contributed by atoms with Gasteiger partial charge in [0, 0.05) is 50.3 Å². The number of nitrogens with zero attached hydrogens (tertiary/aromatic N) is 2. The molecule has 242 valence electrons. The van der Waals surface area contributed by atoms with E-state index >= 15 is 0 Å². The van der Waals surface area contributed by atoms with Crippen LogP contribution in [0, 0.1) is 0 Å². The van der Waals surface area contributed by atoms with Crippen molar-refractivity contribution in [2.45, 2.75) is 50.9 Å². The molecule has 6 rings (SSSR count). The minimum Gasteiger partial charge on any atom is -0.497 e. The lowest BCUT2D eigenvalue weighted by molar-refractivity contribution is -0.132. The Kier molecular flexibility index (Phi) is 9.99. The van der Waals surface area contributed by atoms with Crippen LogP contribution in [0.25, 0.3) is 5.57 Å². The lowest BCUT2D eigenvalue weighted by Gasteiger charge is -2.44. The number of hydrogen-bond donors (Lipinski definition) is 1. The molecule has 1 saturated carbocycles. The molecule has 2 atom stereocenters. The first-order chi connectivity index (χ1) is 22.2. The summed E-state index contributed by atoms with van der Waals surface area (Å²) in [6, 6.07) is 18.8. The Morgan fingerprint density at radius 1 is 0.913 bits per heavy atom. The third kappa shape index (κ3) is 7.41. The standard InChI is InChI=1S/C35H36Cl3N3O5/c1-21(42)40-19-24-15-28(23-6-10-26(11-7-23)45-12-13-46-33-17-30(37)29(36)16-31(33)38)34(32(20-40)39-24)35(43)41(25-8-9-25)18-22-4-3-5-27(14-22)44-2/h3-7,10-11,14,16-17,24-25,32,39H,8-9,12-13,15,18-20H2,1-2H3/t24-,32-/m1/s1. The first-order valence-electron chi connectivity index (χ1n) is 15.4. The van der Waals surface area contributed by atoms with E-state index in [1.807, 2.05) is 58.3 Å². The number of ether oxygens (including phenoxy) is 3. The molecular weight excluding hydrogens is 649 g/mol. The number of hydrogen-bond acceptors (Lipinski definition) is 6. The van der Waals surface area contributed by atoms with Crippen molar-refractivity contribution >= 4 is 52.2 Å². The number of halogens is 3. The molecule has 0 aromatic heterocycles. The fourth-order valence-electron chi connectivity index (χ4n) is 6.18. The van der Waals surface area contributed by atoms with Crippen LogP contribution in [0.3, 0.4) is 0 Å². The molecule has 3 aromatic rings. The van der Waals surface area contributed by atoms with Gasteiger partial charge >= 0.3 is 0 Å². The Bertz CT molecular complexity index is 1640. The molecule has 3 aromatic carbocycles. The normalized spacial score (nSPS) is 19.1. The van der Waals surface area contributed by atoms with Crippen molar-refractivity contribution in [3.8, 4) is 17.2 Å². The quantitative estimate of drug-likeness (QED) is 0.180. The Balaban J connectivity index is 1.22. The second-order valence-corrected chi connectivity index (χ2v) is 13.1. The minimum absolute atomic E-state index is 0.0140. The van der Waals surface area contributed by atoms with Gasteiger partial charge in [-0.3, -0.25) is 9.59 Å². The fraction of sp³-hybridized carbons (Fsp3) is 0.371. The Morgan fingerprint density at radius 3 is 2.37 bits per heavy atom. The van der Waals surface area contributed by atoms with E-state index in [0.29, 0.717) is 52.6 Å². The van der Waals surface area contributed by atoms with Crippen LogP contribution in [0.1, 0.15) is 37.3 Å². The van der Waals surface area contributed by atoms with Crippen LogP contribution in [-0.2, 0) is 16.1 Å². The molecule has 1 aliphatic carbocycles. The Labute approximate surface area is 284 Å². The number of rotatable bonds is 11. The molecule has 1 N–H and O–H groups in total. The largest absolute Gasteiger partial charge is 0.497 e. The SMILES string of the molecule is COc1cccc(CN(C(=O)C2=C(c3ccc(OCCOc4cc(Cl)c(Cl)cc4Cl)cc3)C[C@@H]3CN(C(C)=O)C[C@H]2N3)C2CC2)c1. The highest BCUT2D eigenvalue weighted by Crippen LogP contribution is 2.38. The van der Waals surface area contributed by atoms with Gasteiger partial charge < -0.3 is 29.3 Å². The van der Waals surface area contributed by atoms with Crippen molar-refractivity contribution in [1.29, 1.82) is 0 Å². The zero-order valence-electron chi connectivity index (χ0n) is 25.7. The summed E-state index contributed by atoms with van der Waals surface area (Å²) >= 11 is 18.3. The van der Waals surface area contributed by atoms with Crippen molar-refractivity contribution in [2.24, 2.45) is 0 Å². The summed E-state index contributed by atoms with van der Waals surface area (Å²) in [6.45, 7) is 3.70. The number of nitrogens with one attached hydrogen (secondary N) is 1. The third-order valence-electron chi connectivity index (χ3n) is 8.60. The summed E-state index contributed by atoms with van der Waals surface area (Å²) in [6.07, 6.45) is 2.59. The monoisotopic (exact) mass is 683 g/mol. The zero-order valence-corrected chi connectivity index (χ0v) is 28.0. The maximum absolute atomic E-state index is 14.6. The van der Waals surface area contributed by atoms with E-state index in [1.165, 1.54) is 0 Å². The van der Waals surface area contributed by atoms with Gasteiger partial charge in [0.2, 0.25) is 5.91 Å². The van der Waals surface area contributed by atoms with Crippen molar-refractivity contribution in [3.05, 3.63) is 92.4 Å². The number of fused-ring (bicyclic) bond motifs is 2. The highest BCUT2D eigenvalue weighted by Gasteiger charge is 2.43. The average Bonchev–Trinajstić information content (AvgIpc) is 3.89. The highest BCUT2D eigenvalue weighted by atomic mass is 35.5. The van der Waals surface area contributed by atoms with Crippen LogP contribution in [0.5, 0.6) is 17.2 Å². The fourth-order valence-corrected chi connectivity index (χ4v) is 6.77. The van der Waals surface area contributed by atoms with Crippen LogP contribution in [0.2, 0.25) is 15.1 Å². The lowest BCUT2D eigenvalue weighted by Crippen LogP contribution is -2.61. The third-order valence-corrected chi connectivity index (χ3v) is 9.62. The van der Waals surface area contributed by atoms with Crippen LogP contribution in [0.4, 0.5) is 0 Å².